The summed E-state index contributed by atoms with van der Waals surface area (Å²) >= 11 is 0. The molecule has 1 aromatic carbocycles. The van der Waals surface area contributed by atoms with Gasteiger partial charge in [0.2, 0.25) is 5.82 Å². The van der Waals surface area contributed by atoms with Crippen molar-refractivity contribution in [2.75, 3.05) is 24.1 Å². The van der Waals surface area contributed by atoms with Crippen molar-refractivity contribution in [3.8, 4) is 34.4 Å². The van der Waals surface area contributed by atoms with E-state index in [0.29, 0.717) is 23.5 Å². The molecule has 11 heteroatoms. The molecule has 0 amide bonds. The number of imidazole rings is 1. The van der Waals surface area contributed by atoms with Gasteiger partial charge in [-0.05, 0) is 73.0 Å². The summed E-state index contributed by atoms with van der Waals surface area (Å²) in [5.74, 6) is 1.98. The number of nitriles is 1. The lowest BCUT2D eigenvalue weighted by molar-refractivity contribution is 0.211. The Labute approximate surface area is 254 Å². The molecule has 0 bridgehead atoms. The van der Waals surface area contributed by atoms with Crippen LogP contribution in [0.15, 0.2) is 91.5 Å². The van der Waals surface area contributed by atoms with E-state index in [0.717, 1.165) is 66.1 Å². The van der Waals surface area contributed by atoms with E-state index < -0.39 is 0 Å². The highest BCUT2D eigenvalue weighted by molar-refractivity contribution is 5.84. The Hall–Kier alpha value is -5.73. The molecule has 0 radical (unpaired) electrons. The molecule has 6 heterocycles. The lowest BCUT2D eigenvalue weighted by atomic mass is 10.0. The highest BCUT2D eigenvalue weighted by atomic mass is 15.2. The molecule has 1 aliphatic rings. The molecule has 11 nitrogen and oxygen atoms in total. The van der Waals surface area contributed by atoms with Gasteiger partial charge in [-0.3, -0.25) is 14.5 Å². The largest absolute Gasteiger partial charge is 0.383 e. The first-order valence-corrected chi connectivity index (χ1v) is 14.5. The van der Waals surface area contributed by atoms with Crippen LogP contribution in [0.3, 0.4) is 0 Å². The van der Waals surface area contributed by atoms with E-state index in [9.17, 15) is 0 Å². The van der Waals surface area contributed by atoms with Crippen LogP contribution < -0.4 is 11.1 Å². The third-order valence-corrected chi connectivity index (χ3v) is 7.84. The normalized spacial score (nSPS) is 14.0. The van der Waals surface area contributed by atoms with Crippen LogP contribution in [-0.4, -0.2) is 58.5 Å². The fourth-order valence-electron chi connectivity index (χ4n) is 5.61. The Bertz CT molecular complexity index is 1950. The molecule has 1 saturated heterocycles. The third-order valence-electron chi connectivity index (χ3n) is 7.84. The van der Waals surface area contributed by atoms with Gasteiger partial charge in [-0.15, -0.1) is 0 Å². The molecule has 216 valence electrons. The van der Waals surface area contributed by atoms with E-state index in [4.69, 9.17) is 21.0 Å². The maximum atomic E-state index is 9.06. The predicted molar refractivity (Wildman–Crippen MR) is 168 cm³/mol. The predicted octanol–water partition coefficient (Wildman–Crippen LogP) is 4.86. The van der Waals surface area contributed by atoms with E-state index in [-0.39, 0.29) is 5.82 Å². The molecule has 44 heavy (non-hydrogen) atoms. The first-order chi connectivity index (χ1) is 21.6. The monoisotopic (exact) mass is 579 g/mol. The van der Waals surface area contributed by atoms with Crippen LogP contribution in [0.25, 0.3) is 39.5 Å². The minimum atomic E-state index is 0.181. The van der Waals surface area contributed by atoms with Gasteiger partial charge in [0, 0.05) is 61.7 Å². The maximum absolute atomic E-state index is 9.06. The van der Waals surface area contributed by atoms with Gasteiger partial charge in [0.05, 0.1) is 11.3 Å². The zero-order valence-corrected chi connectivity index (χ0v) is 23.9. The van der Waals surface area contributed by atoms with Crippen molar-refractivity contribution in [3.05, 3.63) is 103 Å². The van der Waals surface area contributed by atoms with Gasteiger partial charge in [-0.2, -0.15) is 5.26 Å². The Kier molecular flexibility index (Phi) is 7.32. The number of anilines is 2. The second-order valence-electron chi connectivity index (χ2n) is 10.7. The zero-order valence-electron chi connectivity index (χ0n) is 23.9. The van der Waals surface area contributed by atoms with E-state index in [1.165, 1.54) is 5.56 Å². The van der Waals surface area contributed by atoms with Crippen LogP contribution in [-0.2, 0) is 6.54 Å². The number of likely N-dealkylation sites (tertiary alicyclic amines) is 1. The number of nitrogens with one attached hydrogen (secondary N) is 1. The Morgan fingerprint density at radius 1 is 0.886 bits per heavy atom. The number of rotatable bonds is 7. The van der Waals surface area contributed by atoms with Crippen molar-refractivity contribution in [1.82, 2.24) is 39.4 Å². The van der Waals surface area contributed by atoms with Crippen LogP contribution >= 0.6 is 0 Å². The number of hydrogen-bond donors (Lipinski definition) is 2. The van der Waals surface area contributed by atoms with Gasteiger partial charge in [-0.1, -0.05) is 12.1 Å². The number of piperidine rings is 1. The van der Waals surface area contributed by atoms with E-state index in [2.05, 4.69) is 54.4 Å². The molecule has 0 unspecified atom stereocenters. The molecule has 1 fully saturated rings. The summed E-state index contributed by atoms with van der Waals surface area (Å²) in [6.45, 7) is 2.79. The summed E-state index contributed by atoms with van der Waals surface area (Å²) in [5, 5.41) is 12.5. The van der Waals surface area contributed by atoms with Crippen LogP contribution in [0.5, 0.6) is 0 Å². The molecule has 1 aliphatic heterocycles. The van der Waals surface area contributed by atoms with Crippen molar-refractivity contribution in [1.29, 1.82) is 5.26 Å². The van der Waals surface area contributed by atoms with Crippen LogP contribution in [0.1, 0.15) is 24.2 Å². The fraction of sp³-hybridized carbons (Fsp3) is 0.182. The second kappa shape index (κ2) is 11.9. The molecule has 0 spiro atoms. The summed E-state index contributed by atoms with van der Waals surface area (Å²) in [6, 6.07) is 24.3. The standard InChI is InChI=1S/C33H29N11/c34-19-30-37-16-11-29(42-30)39-24-12-17-43(18-13-24)21-22-5-7-25(8-6-22)44-32(26-4-2-15-38-31(26)35)41-28-10-9-27(40-33(28)44)23-3-1-14-36-20-23/h1-11,14-16,20,24H,12-13,17-18,21H2,(H2,35,38)(H,37,39,42). The summed E-state index contributed by atoms with van der Waals surface area (Å²) in [6.07, 6.45) is 8.84. The lowest BCUT2D eigenvalue weighted by Crippen LogP contribution is -2.38. The molecular weight excluding hydrogens is 550 g/mol. The molecule has 0 atom stereocenters. The first kappa shape index (κ1) is 27.1. The number of benzene rings is 1. The van der Waals surface area contributed by atoms with Gasteiger partial charge in [0.25, 0.3) is 0 Å². The molecule has 7 rings (SSSR count). The second-order valence-corrected chi connectivity index (χ2v) is 10.7. The average Bonchev–Trinajstić information content (AvgIpc) is 3.45. The SMILES string of the molecule is N#Cc1nccc(NC2CCN(Cc3ccc(-n4c(-c5cccnc5N)nc5ccc(-c6cccnc6)nc54)cc3)CC2)n1. The minimum absolute atomic E-state index is 0.181. The minimum Gasteiger partial charge on any atom is -0.383 e. The molecular formula is C33H29N11. The number of nitrogen functional groups attached to an aromatic ring is 1. The Morgan fingerprint density at radius 3 is 2.50 bits per heavy atom. The molecule has 3 N–H and O–H groups in total. The summed E-state index contributed by atoms with van der Waals surface area (Å²) < 4.78 is 2.05. The fourth-order valence-corrected chi connectivity index (χ4v) is 5.61. The van der Waals surface area contributed by atoms with Crippen molar-refractivity contribution < 1.29 is 0 Å². The number of hydrogen-bond acceptors (Lipinski definition) is 10. The van der Waals surface area contributed by atoms with Crippen LogP contribution in [0.4, 0.5) is 11.6 Å². The van der Waals surface area contributed by atoms with Gasteiger partial charge in [0.15, 0.2) is 11.5 Å². The van der Waals surface area contributed by atoms with Crippen molar-refractivity contribution >= 4 is 22.8 Å². The number of nitrogens with two attached hydrogens (primary N) is 1. The van der Waals surface area contributed by atoms with Crippen LogP contribution in [0, 0.1) is 11.3 Å². The van der Waals surface area contributed by atoms with E-state index >= 15 is 0 Å². The van der Waals surface area contributed by atoms with Gasteiger partial charge in [0.1, 0.15) is 23.2 Å². The van der Waals surface area contributed by atoms with Crippen molar-refractivity contribution in [2.45, 2.75) is 25.4 Å². The molecule has 6 aromatic rings. The number of aromatic nitrogens is 7. The van der Waals surface area contributed by atoms with Crippen molar-refractivity contribution in [3.63, 3.8) is 0 Å². The van der Waals surface area contributed by atoms with Crippen molar-refractivity contribution in [2.24, 2.45) is 0 Å². The van der Waals surface area contributed by atoms with Gasteiger partial charge >= 0.3 is 0 Å². The molecule has 5 aromatic heterocycles. The summed E-state index contributed by atoms with van der Waals surface area (Å²) in [7, 11) is 0. The van der Waals surface area contributed by atoms with E-state index in [1.54, 1.807) is 18.6 Å². The topological polar surface area (TPSA) is 147 Å². The Morgan fingerprint density at radius 2 is 1.73 bits per heavy atom. The first-order valence-electron chi connectivity index (χ1n) is 14.5. The number of fused-ring (bicyclic) bond motifs is 1. The quantitative estimate of drug-likeness (QED) is 0.269. The van der Waals surface area contributed by atoms with Crippen LogP contribution in [0.2, 0.25) is 0 Å². The van der Waals surface area contributed by atoms with Gasteiger partial charge < -0.3 is 11.1 Å². The zero-order chi connectivity index (χ0) is 29.9. The summed E-state index contributed by atoms with van der Waals surface area (Å²) in [4.78, 5) is 29.2. The van der Waals surface area contributed by atoms with Gasteiger partial charge in [-0.25, -0.2) is 24.9 Å². The number of pyridine rings is 3. The summed E-state index contributed by atoms with van der Waals surface area (Å²) in [5.41, 5.74) is 12.5. The maximum Gasteiger partial charge on any atom is 0.234 e. The molecule has 0 aliphatic carbocycles. The number of nitrogens with zero attached hydrogens (tertiary/aromatic N) is 9. The highest BCUT2D eigenvalue weighted by Gasteiger charge is 2.21. The smallest absolute Gasteiger partial charge is 0.234 e. The Balaban J connectivity index is 1.13. The van der Waals surface area contributed by atoms with E-state index in [1.807, 2.05) is 59.3 Å². The lowest BCUT2D eigenvalue weighted by Gasteiger charge is -2.32. The third kappa shape index (κ3) is 5.54. The molecule has 0 saturated carbocycles. The highest BCUT2D eigenvalue weighted by Crippen LogP contribution is 2.32. The average molecular weight is 580 g/mol.